The van der Waals surface area contributed by atoms with Gasteiger partial charge in [0.05, 0.1) is 11.7 Å². The number of rotatable bonds is 3. The summed E-state index contributed by atoms with van der Waals surface area (Å²) in [7, 11) is 1.83. The number of hydrazine groups is 1. The van der Waals surface area contributed by atoms with E-state index in [-0.39, 0.29) is 24.8 Å². The lowest BCUT2D eigenvalue weighted by molar-refractivity contribution is -0.0500. The third-order valence-electron chi connectivity index (χ3n) is 3.59. The number of halogens is 2. The van der Waals surface area contributed by atoms with Crippen molar-refractivity contribution in [3.63, 3.8) is 0 Å². The molecule has 2 rings (SSSR count). The Labute approximate surface area is 99.1 Å². The Morgan fingerprint density at radius 2 is 2.18 bits per heavy atom. The Morgan fingerprint density at radius 3 is 2.65 bits per heavy atom. The summed E-state index contributed by atoms with van der Waals surface area (Å²) in [5.41, 5.74) is 3.68. The molecule has 1 atom stereocenters. The summed E-state index contributed by atoms with van der Waals surface area (Å²) < 4.78 is 27.9. The topological polar surface area (TPSA) is 55.9 Å². The highest BCUT2D eigenvalue weighted by molar-refractivity contribution is 5.08. The maximum Gasteiger partial charge on any atom is 0.248 e. The summed E-state index contributed by atoms with van der Waals surface area (Å²) in [6.45, 7) is 0. The summed E-state index contributed by atoms with van der Waals surface area (Å²) in [5, 5.41) is 4.08. The maximum absolute atomic E-state index is 13.1. The van der Waals surface area contributed by atoms with Crippen molar-refractivity contribution >= 4 is 0 Å². The second-order valence-electron chi connectivity index (χ2n) is 4.72. The van der Waals surface area contributed by atoms with Crippen LogP contribution in [0.1, 0.15) is 37.4 Å². The van der Waals surface area contributed by atoms with Crippen LogP contribution in [0, 0.1) is 5.92 Å². The van der Waals surface area contributed by atoms with Gasteiger partial charge in [-0.1, -0.05) is 0 Å². The first-order chi connectivity index (χ1) is 8.03. The van der Waals surface area contributed by atoms with Gasteiger partial charge in [-0.25, -0.2) is 8.78 Å². The van der Waals surface area contributed by atoms with Crippen LogP contribution in [-0.2, 0) is 7.05 Å². The lowest BCUT2D eigenvalue weighted by Gasteiger charge is -2.33. The lowest BCUT2D eigenvalue weighted by atomic mass is 9.81. The van der Waals surface area contributed by atoms with Crippen LogP contribution < -0.4 is 11.3 Å². The van der Waals surface area contributed by atoms with Crippen LogP contribution in [0.15, 0.2) is 12.3 Å². The molecule has 1 heterocycles. The number of alkyl halides is 2. The van der Waals surface area contributed by atoms with Crippen LogP contribution in [0.4, 0.5) is 8.78 Å². The lowest BCUT2D eigenvalue weighted by Crippen LogP contribution is -2.38. The summed E-state index contributed by atoms with van der Waals surface area (Å²) in [5.74, 6) is 3.20. The van der Waals surface area contributed by atoms with Gasteiger partial charge < -0.3 is 0 Å². The predicted molar refractivity (Wildman–Crippen MR) is 60.2 cm³/mol. The second-order valence-corrected chi connectivity index (χ2v) is 4.72. The van der Waals surface area contributed by atoms with Gasteiger partial charge in [0.15, 0.2) is 0 Å². The number of nitrogens with one attached hydrogen (secondary N) is 1. The van der Waals surface area contributed by atoms with E-state index in [1.165, 1.54) is 0 Å². The molecule has 6 heteroatoms. The van der Waals surface area contributed by atoms with Gasteiger partial charge in [-0.15, -0.1) is 0 Å². The standard InChI is InChI=1S/C11H18F2N4/c1-17-9(4-7-15-17)10(16-14)8-2-5-11(12,13)6-3-8/h4,7-8,10,16H,2-3,5-6,14H2,1H3. The predicted octanol–water partition coefficient (Wildman–Crippen LogP) is 1.75. The minimum Gasteiger partial charge on any atom is -0.271 e. The monoisotopic (exact) mass is 244 g/mol. The normalized spacial score (nSPS) is 22.6. The Bertz CT molecular complexity index is 367. The number of nitrogens with zero attached hydrogens (tertiary/aromatic N) is 2. The Morgan fingerprint density at radius 1 is 1.53 bits per heavy atom. The quantitative estimate of drug-likeness (QED) is 0.629. The zero-order chi connectivity index (χ0) is 12.5. The molecule has 1 aromatic heterocycles. The molecule has 4 nitrogen and oxygen atoms in total. The fraction of sp³-hybridized carbons (Fsp3) is 0.727. The molecule has 0 aliphatic heterocycles. The molecule has 1 aliphatic rings. The molecular weight excluding hydrogens is 226 g/mol. The highest BCUT2D eigenvalue weighted by atomic mass is 19.3. The molecule has 0 bridgehead atoms. The summed E-state index contributed by atoms with van der Waals surface area (Å²) in [6.07, 6.45) is 2.58. The van der Waals surface area contributed by atoms with Gasteiger partial charge in [0.2, 0.25) is 5.92 Å². The maximum atomic E-state index is 13.1. The molecule has 0 aromatic carbocycles. The van der Waals surface area contributed by atoms with Crippen LogP contribution in [0.2, 0.25) is 0 Å². The molecule has 1 fully saturated rings. The van der Waals surface area contributed by atoms with E-state index in [1.807, 2.05) is 13.1 Å². The molecular formula is C11H18F2N4. The van der Waals surface area contributed by atoms with E-state index >= 15 is 0 Å². The minimum absolute atomic E-state index is 0.0479. The van der Waals surface area contributed by atoms with Crippen molar-refractivity contribution in [3.05, 3.63) is 18.0 Å². The van der Waals surface area contributed by atoms with E-state index in [2.05, 4.69) is 10.5 Å². The zero-order valence-corrected chi connectivity index (χ0v) is 9.87. The number of aryl methyl sites for hydroxylation is 1. The molecule has 3 N–H and O–H groups in total. The molecule has 0 radical (unpaired) electrons. The van der Waals surface area contributed by atoms with E-state index in [0.717, 1.165) is 5.69 Å². The van der Waals surface area contributed by atoms with Gasteiger partial charge in [-0.05, 0) is 24.8 Å². The minimum atomic E-state index is -2.50. The van der Waals surface area contributed by atoms with Crippen LogP contribution in [0.3, 0.4) is 0 Å². The van der Waals surface area contributed by atoms with Gasteiger partial charge in [0.25, 0.3) is 0 Å². The smallest absolute Gasteiger partial charge is 0.248 e. The van der Waals surface area contributed by atoms with Crippen molar-refractivity contribution in [3.8, 4) is 0 Å². The van der Waals surface area contributed by atoms with Crippen molar-refractivity contribution in [1.82, 2.24) is 15.2 Å². The van der Waals surface area contributed by atoms with Crippen LogP contribution in [-0.4, -0.2) is 15.7 Å². The van der Waals surface area contributed by atoms with Crippen molar-refractivity contribution in [1.29, 1.82) is 0 Å². The molecule has 1 saturated carbocycles. The Kier molecular flexibility index (Phi) is 3.44. The first kappa shape index (κ1) is 12.4. The summed E-state index contributed by atoms with van der Waals surface area (Å²) in [4.78, 5) is 0. The molecule has 17 heavy (non-hydrogen) atoms. The Hall–Kier alpha value is -1.01. The van der Waals surface area contributed by atoms with Gasteiger partial charge >= 0.3 is 0 Å². The fourth-order valence-electron chi connectivity index (χ4n) is 2.55. The molecule has 96 valence electrons. The average Bonchev–Trinajstić information content (AvgIpc) is 2.69. The second kappa shape index (κ2) is 4.70. The van der Waals surface area contributed by atoms with Crippen molar-refractivity contribution in [2.75, 3.05) is 0 Å². The number of hydrogen-bond donors (Lipinski definition) is 2. The fourth-order valence-corrected chi connectivity index (χ4v) is 2.55. The first-order valence-corrected chi connectivity index (χ1v) is 5.85. The SMILES string of the molecule is Cn1nccc1C(NN)C1CCC(F)(F)CC1. The molecule has 0 saturated heterocycles. The third kappa shape index (κ3) is 2.63. The van der Waals surface area contributed by atoms with Crippen LogP contribution >= 0.6 is 0 Å². The van der Waals surface area contributed by atoms with Gasteiger partial charge in [-0.2, -0.15) is 5.10 Å². The van der Waals surface area contributed by atoms with E-state index in [0.29, 0.717) is 12.8 Å². The summed E-state index contributed by atoms with van der Waals surface area (Å²) in [6, 6.07) is 1.77. The number of nitrogens with two attached hydrogens (primary N) is 1. The third-order valence-corrected chi connectivity index (χ3v) is 3.59. The number of aromatic nitrogens is 2. The van der Waals surface area contributed by atoms with Gasteiger partial charge in [-0.3, -0.25) is 16.0 Å². The average molecular weight is 244 g/mol. The van der Waals surface area contributed by atoms with Crippen molar-refractivity contribution in [2.45, 2.75) is 37.6 Å². The van der Waals surface area contributed by atoms with Crippen LogP contribution in [0.25, 0.3) is 0 Å². The molecule has 1 aliphatic carbocycles. The Balaban J connectivity index is 2.08. The van der Waals surface area contributed by atoms with Crippen molar-refractivity contribution in [2.24, 2.45) is 18.8 Å². The molecule has 0 amide bonds. The number of hydrogen-bond acceptors (Lipinski definition) is 3. The molecule has 1 unspecified atom stereocenters. The molecule has 0 spiro atoms. The molecule has 1 aromatic rings. The van der Waals surface area contributed by atoms with Gasteiger partial charge in [0.1, 0.15) is 0 Å². The van der Waals surface area contributed by atoms with E-state index in [9.17, 15) is 8.78 Å². The van der Waals surface area contributed by atoms with E-state index in [1.54, 1.807) is 10.9 Å². The van der Waals surface area contributed by atoms with Crippen LogP contribution in [0.5, 0.6) is 0 Å². The highest BCUT2D eigenvalue weighted by Gasteiger charge is 2.38. The van der Waals surface area contributed by atoms with Gasteiger partial charge in [0, 0.05) is 26.1 Å². The zero-order valence-electron chi connectivity index (χ0n) is 9.87. The highest BCUT2D eigenvalue weighted by Crippen LogP contribution is 2.40. The largest absolute Gasteiger partial charge is 0.271 e. The summed E-state index contributed by atoms with van der Waals surface area (Å²) >= 11 is 0. The van der Waals surface area contributed by atoms with E-state index < -0.39 is 5.92 Å². The van der Waals surface area contributed by atoms with Crippen molar-refractivity contribution < 1.29 is 8.78 Å². The van der Waals surface area contributed by atoms with E-state index in [4.69, 9.17) is 5.84 Å². The first-order valence-electron chi connectivity index (χ1n) is 5.85.